The molecule has 7 nitrogen and oxygen atoms in total. The molecular weight excluding hydrogens is 294 g/mol. The molecule has 0 radical (unpaired) electrons. The highest BCUT2D eigenvalue weighted by molar-refractivity contribution is 5.45. The third-order valence-corrected chi connectivity index (χ3v) is 3.67. The summed E-state index contributed by atoms with van der Waals surface area (Å²) in [5, 5.41) is 11.3. The Bertz CT molecular complexity index is 665. The number of unbranched alkanes of at least 4 members (excludes halogenated alkanes) is 1. The maximum absolute atomic E-state index is 5.38. The van der Waals surface area contributed by atoms with Crippen molar-refractivity contribution < 1.29 is 9.47 Å². The normalized spacial score (nSPS) is 12.3. The van der Waals surface area contributed by atoms with Crippen molar-refractivity contribution in [3.63, 3.8) is 0 Å². The lowest BCUT2D eigenvalue weighted by atomic mass is 10.2. The Labute approximate surface area is 135 Å². The van der Waals surface area contributed by atoms with E-state index in [4.69, 9.17) is 9.47 Å². The number of hydrogen-bond acceptors (Lipinski definition) is 7. The van der Waals surface area contributed by atoms with Gasteiger partial charge in [0, 0.05) is 20.1 Å². The first-order valence-corrected chi connectivity index (χ1v) is 7.79. The first kappa shape index (κ1) is 15.3. The molecule has 122 valence electrons. The van der Waals surface area contributed by atoms with Crippen LogP contribution in [0.4, 0.5) is 11.8 Å². The molecular formula is C16H21N5O2. The van der Waals surface area contributed by atoms with E-state index in [0.29, 0.717) is 12.5 Å². The maximum Gasteiger partial charge on any atom is 0.244 e. The average molecular weight is 315 g/mol. The zero-order valence-electron chi connectivity index (χ0n) is 13.5. The van der Waals surface area contributed by atoms with E-state index in [2.05, 4.69) is 32.3 Å². The number of rotatable bonds is 7. The van der Waals surface area contributed by atoms with Crippen LogP contribution in [0.5, 0.6) is 11.5 Å². The standard InChI is InChI=1S/C16H21N5O2/c1-3-4-7-21(2)15-10-18-20-16(19-15)17-9-12-5-6-13-14(8-12)23-11-22-13/h5-6,8,10H,3-4,7,9,11H2,1-2H3,(H,17,19,20). The third kappa shape index (κ3) is 3.80. The number of hydrogen-bond donors (Lipinski definition) is 1. The van der Waals surface area contributed by atoms with Gasteiger partial charge in [-0.2, -0.15) is 10.1 Å². The van der Waals surface area contributed by atoms with Crippen LogP contribution in [0.25, 0.3) is 0 Å². The molecule has 0 saturated carbocycles. The summed E-state index contributed by atoms with van der Waals surface area (Å²) in [6.45, 7) is 4.01. The van der Waals surface area contributed by atoms with E-state index < -0.39 is 0 Å². The second-order valence-corrected chi connectivity index (χ2v) is 5.45. The molecule has 3 rings (SSSR count). The average Bonchev–Trinajstić information content (AvgIpc) is 3.06. The molecule has 1 aliphatic rings. The zero-order valence-corrected chi connectivity index (χ0v) is 13.5. The minimum atomic E-state index is 0.283. The lowest BCUT2D eigenvalue weighted by Crippen LogP contribution is -2.20. The van der Waals surface area contributed by atoms with Crippen molar-refractivity contribution in [1.29, 1.82) is 0 Å². The van der Waals surface area contributed by atoms with Crippen LogP contribution >= 0.6 is 0 Å². The highest BCUT2D eigenvalue weighted by Crippen LogP contribution is 2.32. The van der Waals surface area contributed by atoms with Crippen LogP contribution in [0.2, 0.25) is 0 Å². The molecule has 1 N–H and O–H groups in total. The monoisotopic (exact) mass is 315 g/mol. The quantitative estimate of drug-likeness (QED) is 0.841. The van der Waals surface area contributed by atoms with Crippen LogP contribution in [0.3, 0.4) is 0 Å². The second-order valence-electron chi connectivity index (χ2n) is 5.45. The molecule has 23 heavy (non-hydrogen) atoms. The van der Waals surface area contributed by atoms with E-state index in [1.54, 1.807) is 6.20 Å². The Hall–Kier alpha value is -2.57. The van der Waals surface area contributed by atoms with E-state index in [1.807, 2.05) is 25.2 Å². The van der Waals surface area contributed by atoms with Crippen molar-refractivity contribution in [2.24, 2.45) is 0 Å². The van der Waals surface area contributed by atoms with Crippen LogP contribution in [-0.2, 0) is 6.54 Å². The van der Waals surface area contributed by atoms with E-state index >= 15 is 0 Å². The number of ether oxygens (including phenoxy) is 2. The Morgan fingerprint density at radius 2 is 2.13 bits per heavy atom. The predicted molar refractivity (Wildman–Crippen MR) is 87.9 cm³/mol. The lowest BCUT2D eigenvalue weighted by Gasteiger charge is -2.17. The fourth-order valence-electron chi connectivity index (χ4n) is 2.30. The van der Waals surface area contributed by atoms with Gasteiger partial charge >= 0.3 is 0 Å². The summed E-state index contributed by atoms with van der Waals surface area (Å²) in [7, 11) is 2.02. The van der Waals surface area contributed by atoms with Gasteiger partial charge in [-0.3, -0.25) is 0 Å². The van der Waals surface area contributed by atoms with Gasteiger partial charge in [0.2, 0.25) is 12.7 Å². The molecule has 1 aromatic heterocycles. The van der Waals surface area contributed by atoms with Gasteiger partial charge in [0.15, 0.2) is 17.3 Å². The number of fused-ring (bicyclic) bond motifs is 1. The van der Waals surface area contributed by atoms with E-state index in [9.17, 15) is 0 Å². The van der Waals surface area contributed by atoms with Gasteiger partial charge in [0.25, 0.3) is 0 Å². The van der Waals surface area contributed by atoms with Crippen LogP contribution in [-0.4, -0.2) is 35.6 Å². The molecule has 0 atom stereocenters. The van der Waals surface area contributed by atoms with Crippen LogP contribution < -0.4 is 19.7 Å². The summed E-state index contributed by atoms with van der Waals surface area (Å²) in [6, 6.07) is 5.86. The maximum atomic E-state index is 5.38. The first-order chi connectivity index (χ1) is 11.3. The van der Waals surface area contributed by atoms with Gasteiger partial charge in [0.05, 0.1) is 6.20 Å². The third-order valence-electron chi connectivity index (χ3n) is 3.67. The van der Waals surface area contributed by atoms with E-state index in [0.717, 1.165) is 42.3 Å². The van der Waals surface area contributed by atoms with Gasteiger partial charge in [-0.05, 0) is 24.1 Å². The van der Waals surface area contributed by atoms with Crippen LogP contribution in [0.1, 0.15) is 25.3 Å². The first-order valence-electron chi connectivity index (χ1n) is 7.79. The minimum absolute atomic E-state index is 0.283. The second kappa shape index (κ2) is 7.13. The Morgan fingerprint density at radius 3 is 3.00 bits per heavy atom. The zero-order chi connectivity index (χ0) is 16.1. The van der Waals surface area contributed by atoms with Crippen LogP contribution in [0.15, 0.2) is 24.4 Å². The molecule has 0 bridgehead atoms. The van der Waals surface area contributed by atoms with Crippen molar-refractivity contribution in [2.45, 2.75) is 26.3 Å². The van der Waals surface area contributed by atoms with E-state index in [-0.39, 0.29) is 6.79 Å². The fraction of sp³-hybridized carbons (Fsp3) is 0.438. The molecule has 0 aliphatic carbocycles. The summed E-state index contributed by atoms with van der Waals surface area (Å²) in [4.78, 5) is 6.59. The summed E-state index contributed by atoms with van der Waals surface area (Å²) >= 11 is 0. The molecule has 7 heteroatoms. The van der Waals surface area contributed by atoms with Crippen molar-refractivity contribution in [3.8, 4) is 11.5 Å². The lowest BCUT2D eigenvalue weighted by molar-refractivity contribution is 0.174. The highest BCUT2D eigenvalue weighted by Gasteiger charge is 2.13. The van der Waals surface area contributed by atoms with Gasteiger partial charge in [-0.25, -0.2) is 0 Å². The topological polar surface area (TPSA) is 72.4 Å². The largest absolute Gasteiger partial charge is 0.454 e. The summed E-state index contributed by atoms with van der Waals surface area (Å²) in [6.07, 6.45) is 3.96. The van der Waals surface area contributed by atoms with Gasteiger partial charge in [-0.1, -0.05) is 19.4 Å². The fourth-order valence-corrected chi connectivity index (χ4v) is 2.30. The smallest absolute Gasteiger partial charge is 0.244 e. The van der Waals surface area contributed by atoms with Crippen molar-refractivity contribution >= 4 is 11.8 Å². The minimum Gasteiger partial charge on any atom is -0.454 e. The van der Waals surface area contributed by atoms with Crippen molar-refractivity contribution in [1.82, 2.24) is 15.2 Å². The SMILES string of the molecule is CCCCN(C)c1cnnc(NCc2ccc3c(c2)OCO3)n1. The van der Waals surface area contributed by atoms with Crippen molar-refractivity contribution in [3.05, 3.63) is 30.0 Å². The Kier molecular flexibility index (Phi) is 4.75. The number of nitrogens with zero attached hydrogens (tertiary/aromatic N) is 4. The van der Waals surface area contributed by atoms with Crippen LogP contribution in [0, 0.1) is 0 Å². The predicted octanol–water partition coefficient (Wildman–Crippen LogP) is 2.45. The molecule has 2 heterocycles. The molecule has 1 aromatic carbocycles. The molecule has 0 unspecified atom stereocenters. The highest BCUT2D eigenvalue weighted by atomic mass is 16.7. The number of benzene rings is 1. The van der Waals surface area contributed by atoms with Crippen molar-refractivity contribution in [2.75, 3.05) is 30.6 Å². The molecule has 0 fully saturated rings. The van der Waals surface area contributed by atoms with Gasteiger partial charge in [0.1, 0.15) is 0 Å². The number of anilines is 2. The Balaban J connectivity index is 1.62. The molecule has 0 spiro atoms. The molecule has 2 aromatic rings. The van der Waals surface area contributed by atoms with E-state index in [1.165, 1.54) is 0 Å². The number of aromatic nitrogens is 3. The molecule has 0 amide bonds. The van der Waals surface area contributed by atoms with Gasteiger partial charge in [-0.15, -0.1) is 5.10 Å². The number of nitrogens with one attached hydrogen (secondary N) is 1. The Morgan fingerprint density at radius 1 is 1.26 bits per heavy atom. The summed E-state index contributed by atoms with van der Waals surface area (Å²) < 4.78 is 10.7. The summed E-state index contributed by atoms with van der Waals surface area (Å²) in [5.41, 5.74) is 1.07. The molecule has 1 aliphatic heterocycles. The van der Waals surface area contributed by atoms with Gasteiger partial charge < -0.3 is 19.7 Å². The molecule has 0 saturated heterocycles. The summed E-state index contributed by atoms with van der Waals surface area (Å²) in [5.74, 6) is 2.90.